The minimum Gasteiger partial charge on any atom is -0.385 e. The molecule has 10 heavy (non-hydrogen) atoms. The van der Waals surface area contributed by atoms with Crippen LogP contribution in [0, 0.1) is 5.92 Å². The molecule has 0 aliphatic carbocycles. The standard InChI is InChI=1S/C8H16O2/c1-3-8(4-6-9)5-7-10-2/h6,8H,3-5,7H2,1-2H3. The molecule has 0 aliphatic heterocycles. The lowest BCUT2D eigenvalue weighted by Gasteiger charge is -2.09. The summed E-state index contributed by atoms with van der Waals surface area (Å²) in [7, 11) is 1.69. The van der Waals surface area contributed by atoms with Crippen LogP contribution < -0.4 is 0 Å². The van der Waals surface area contributed by atoms with Gasteiger partial charge in [-0.05, 0) is 12.3 Å². The van der Waals surface area contributed by atoms with Gasteiger partial charge in [-0.1, -0.05) is 13.3 Å². The molecule has 0 aromatic rings. The van der Waals surface area contributed by atoms with E-state index in [1.54, 1.807) is 7.11 Å². The monoisotopic (exact) mass is 144 g/mol. The summed E-state index contributed by atoms with van der Waals surface area (Å²) in [6.07, 6.45) is 3.75. The van der Waals surface area contributed by atoms with E-state index in [-0.39, 0.29) is 0 Å². The molecular formula is C8H16O2. The van der Waals surface area contributed by atoms with Crippen molar-refractivity contribution in [2.24, 2.45) is 5.92 Å². The SMILES string of the molecule is CCC(CC=O)CCOC. The molecule has 0 amide bonds. The van der Waals surface area contributed by atoms with E-state index >= 15 is 0 Å². The van der Waals surface area contributed by atoms with Crippen LogP contribution in [-0.4, -0.2) is 20.0 Å². The molecule has 2 heteroatoms. The molecule has 1 unspecified atom stereocenters. The third kappa shape index (κ3) is 4.50. The van der Waals surface area contributed by atoms with E-state index in [1.165, 1.54) is 0 Å². The van der Waals surface area contributed by atoms with Crippen molar-refractivity contribution < 1.29 is 9.53 Å². The number of aldehydes is 1. The van der Waals surface area contributed by atoms with Crippen molar-refractivity contribution in [2.75, 3.05) is 13.7 Å². The summed E-state index contributed by atoms with van der Waals surface area (Å²) in [4.78, 5) is 10.1. The minimum atomic E-state index is 0.525. The number of carbonyl (C=O) groups excluding carboxylic acids is 1. The van der Waals surface area contributed by atoms with Crippen molar-refractivity contribution in [1.29, 1.82) is 0 Å². The van der Waals surface area contributed by atoms with E-state index in [0.29, 0.717) is 12.3 Å². The highest BCUT2D eigenvalue weighted by molar-refractivity contribution is 5.49. The number of hydrogen-bond donors (Lipinski definition) is 0. The van der Waals surface area contributed by atoms with E-state index < -0.39 is 0 Å². The van der Waals surface area contributed by atoms with E-state index in [9.17, 15) is 4.79 Å². The van der Waals surface area contributed by atoms with Crippen LogP contribution in [0.5, 0.6) is 0 Å². The largest absolute Gasteiger partial charge is 0.385 e. The van der Waals surface area contributed by atoms with Crippen LogP contribution >= 0.6 is 0 Å². The molecule has 0 rings (SSSR count). The molecule has 0 aromatic heterocycles. The van der Waals surface area contributed by atoms with Crippen LogP contribution in [0.4, 0.5) is 0 Å². The van der Waals surface area contributed by atoms with Gasteiger partial charge in [0.1, 0.15) is 6.29 Å². The van der Waals surface area contributed by atoms with Crippen LogP contribution in [-0.2, 0) is 9.53 Å². The Labute approximate surface area is 62.6 Å². The normalized spacial score (nSPS) is 13.0. The van der Waals surface area contributed by atoms with Gasteiger partial charge in [-0.3, -0.25) is 0 Å². The van der Waals surface area contributed by atoms with Gasteiger partial charge in [-0.15, -0.1) is 0 Å². The zero-order chi connectivity index (χ0) is 7.82. The highest BCUT2D eigenvalue weighted by Gasteiger charge is 2.03. The highest BCUT2D eigenvalue weighted by Crippen LogP contribution is 2.10. The molecule has 2 nitrogen and oxygen atoms in total. The number of methoxy groups -OCH3 is 1. The fourth-order valence-corrected chi connectivity index (χ4v) is 0.909. The van der Waals surface area contributed by atoms with E-state index in [2.05, 4.69) is 6.92 Å². The van der Waals surface area contributed by atoms with Crippen LogP contribution in [0.2, 0.25) is 0 Å². The van der Waals surface area contributed by atoms with E-state index in [0.717, 1.165) is 25.7 Å². The summed E-state index contributed by atoms with van der Waals surface area (Å²) in [5.74, 6) is 0.525. The molecule has 60 valence electrons. The summed E-state index contributed by atoms with van der Waals surface area (Å²) in [6, 6.07) is 0. The molecule has 0 saturated heterocycles. The zero-order valence-electron chi connectivity index (χ0n) is 6.80. The predicted octanol–water partition coefficient (Wildman–Crippen LogP) is 1.64. The molecule has 0 bridgehead atoms. The Kier molecular flexibility index (Phi) is 6.50. The Bertz CT molecular complexity index is 81.3. The maximum Gasteiger partial charge on any atom is 0.120 e. The predicted molar refractivity (Wildman–Crippen MR) is 41.0 cm³/mol. The van der Waals surface area contributed by atoms with Crippen LogP contribution in [0.3, 0.4) is 0 Å². The minimum absolute atomic E-state index is 0.525. The molecule has 0 saturated carbocycles. The number of carbonyl (C=O) groups is 1. The molecule has 0 spiro atoms. The fourth-order valence-electron chi connectivity index (χ4n) is 0.909. The smallest absolute Gasteiger partial charge is 0.120 e. The first kappa shape index (κ1) is 9.63. The molecular weight excluding hydrogens is 128 g/mol. The molecule has 0 heterocycles. The third-order valence-corrected chi connectivity index (χ3v) is 1.74. The summed E-state index contributed by atoms with van der Waals surface area (Å²) >= 11 is 0. The summed E-state index contributed by atoms with van der Waals surface area (Å²) in [6.45, 7) is 2.87. The maximum absolute atomic E-state index is 10.1. The Hall–Kier alpha value is -0.370. The van der Waals surface area contributed by atoms with Crippen molar-refractivity contribution >= 4 is 6.29 Å². The zero-order valence-corrected chi connectivity index (χ0v) is 6.80. The topological polar surface area (TPSA) is 26.3 Å². The van der Waals surface area contributed by atoms with Crippen molar-refractivity contribution in [1.82, 2.24) is 0 Å². The van der Waals surface area contributed by atoms with Gasteiger partial charge in [0.25, 0.3) is 0 Å². The Morgan fingerprint density at radius 1 is 1.60 bits per heavy atom. The Morgan fingerprint density at radius 3 is 2.70 bits per heavy atom. The van der Waals surface area contributed by atoms with Gasteiger partial charge in [0.05, 0.1) is 0 Å². The van der Waals surface area contributed by atoms with Crippen LogP contribution in [0.15, 0.2) is 0 Å². The fraction of sp³-hybridized carbons (Fsp3) is 0.875. The first-order valence-electron chi connectivity index (χ1n) is 3.77. The average molecular weight is 144 g/mol. The molecule has 0 aliphatic rings. The Balaban J connectivity index is 3.29. The maximum atomic E-state index is 10.1. The first-order chi connectivity index (χ1) is 4.85. The molecule has 0 aromatic carbocycles. The second-order valence-electron chi connectivity index (χ2n) is 2.46. The van der Waals surface area contributed by atoms with Gasteiger partial charge in [-0.25, -0.2) is 0 Å². The summed E-state index contributed by atoms with van der Waals surface area (Å²) < 4.78 is 4.90. The van der Waals surface area contributed by atoms with E-state index in [4.69, 9.17) is 4.74 Å². The van der Waals surface area contributed by atoms with Crippen molar-refractivity contribution in [3.8, 4) is 0 Å². The molecule has 0 N–H and O–H groups in total. The lowest BCUT2D eigenvalue weighted by atomic mass is 10.0. The lowest BCUT2D eigenvalue weighted by molar-refractivity contribution is -0.108. The summed E-state index contributed by atoms with van der Waals surface area (Å²) in [5.41, 5.74) is 0. The third-order valence-electron chi connectivity index (χ3n) is 1.74. The number of ether oxygens (including phenoxy) is 1. The quantitative estimate of drug-likeness (QED) is 0.530. The van der Waals surface area contributed by atoms with Gasteiger partial charge < -0.3 is 9.53 Å². The summed E-state index contributed by atoms with van der Waals surface area (Å²) in [5, 5.41) is 0. The van der Waals surface area contributed by atoms with Gasteiger partial charge in [0.15, 0.2) is 0 Å². The second-order valence-corrected chi connectivity index (χ2v) is 2.46. The van der Waals surface area contributed by atoms with Crippen LogP contribution in [0.1, 0.15) is 26.2 Å². The lowest BCUT2D eigenvalue weighted by Crippen LogP contribution is -2.03. The Morgan fingerprint density at radius 2 is 2.30 bits per heavy atom. The highest BCUT2D eigenvalue weighted by atomic mass is 16.5. The van der Waals surface area contributed by atoms with Crippen molar-refractivity contribution in [3.05, 3.63) is 0 Å². The second kappa shape index (κ2) is 6.75. The molecule has 0 fully saturated rings. The number of hydrogen-bond acceptors (Lipinski definition) is 2. The molecule has 0 radical (unpaired) electrons. The van der Waals surface area contributed by atoms with Crippen molar-refractivity contribution in [2.45, 2.75) is 26.2 Å². The van der Waals surface area contributed by atoms with Gasteiger partial charge in [0, 0.05) is 20.1 Å². The van der Waals surface area contributed by atoms with Gasteiger partial charge in [0.2, 0.25) is 0 Å². The first-order valence-corrected chi connectivity index (χ1v) is 3.77. The van der Waals surface area contributed by atoms with Crippen molar-refractivity contribution in [3.63, 3.8) is 0 Å². The number of rotatable bonds is 6. The van der Waals surface area contributed by atoms with Gasteiger partial charge in [-0.2, -0.15) is 0 Å². The molecule has 1 atom stereocenters. The van der Waals surface area contributed by atoms with E-state index in [1.807, 2.05) is 0 Å². The van der Waals surface area contributed by atoms with Crippen LogP contribution in [0.25, 0.3) is 0 Å². The average Bonchev–Trinajstić information content (AvgIpc) is 1.98. The van der Waals surface area contributed by atoms with Gasteiger partial charge >= 0.3 is 0 Å².